The van der Waals surface area contributed by atoms with Crippen LogP contribution in [0.5, 0.6) is 0 Å². The van der Waals surface area contributed by atoms with E-state index in [0.29, 0.717) is 10.8 Å². The van der Waals surface area contributed by atoms with Crippen molar-refractivity contribution in [2.24, 2.45) is 0 Å². The molecule has 5 rings (SSSR count). The molecular weight excluding hydrogens is 352 g/mol. The summed E-state index contributed by atoms with van der Waals surface area (Å²) >= 11 is 1.59. The van der Waals surface area contributed by atoms with Crippen LogP contribution in [0.1, 0.15) is 12.8 Å². The Kier molecular flexibility index (Phi) is 3.47. The largest absolute Gasteiger partial charge is 0.363 e. The third-order valence-corrected chi connectivity index (χ3v) is 6.35. The van der Waals surface area contributed by atoms with Crippen LogP contribution in [0.25, 0.3) is 31.6 Å². The molecular formula is C21H15F2NOS. The average molecular weight is 367 g/mol. The first-order valence-corrected chi connectivity index (χ1v) is 9.47. The zero-order valence-corrected chi connectivity index (χ0v) is 14.7. The molecule has 1 fully saturated rings. The lowest BCUT2D eigenvalue weighted by atomic mass is 10.1. The van der Waals surface area contributed by atoms with Crippen molar-refractivity contribution in [1.29, 1.82) is 0 Å². The second-order valence-electron chi connectivity index (χ2n) is 6.71. The van der Waals surface area contributed by atoms with E-state index in [1.54, 1.807) is 23.5 Å². The molecule has 0 N–H and O–H groups in total. The van der Waals surface area contributed by atoms with Gasteiger partial charge in [0.1, 0.15) is 11.6 Å². The van der Waals surface area contributed by atoms with Crippen LogP contribution in [0.15, 0.2) is 47.3 Å². The van der Waals surface area contributed by atoms with E-state index in [-0.39, 0.29) is 10.8 Å². The van der Waals surface area contributed by atoms with E-state index in [1.165, 1.54) is 6.07 Å². The second-order valence-corrected chi connectivity index (χ2v) is 7.74. The highest BCUT2D eigenvalue weighted by Crippen LogP contribution is 2.40. The Labute approximate surface area is 152 Å². The fourth-order valence-corrected chi connectivity index (χ4v) is 5.17. The van der Waals surface area contributed by atoms with Gasteiger partial charge in [-0.15, -0.1) is 11.3 Å². The molecule has 26 heavy (non-hydrogen) atoms. The van der Waals surface area contributed by atoms with E-state index in [1.807, 2.05) is 18.2 Å². The molecule has 0 amide bonds. The minimum absolute atomic E-state index is 0.0385. The molecule has 5 heteroatoms. The Balaban J connectivity index is 2.05. The quantitative estimate of drug-likeness (QED) is 0.446. The highest BCUT2D eigenvalue weighted by atomic mass is 32.1. The molecule has 1 aliphatic rings. The number of hydrogen-bond donors (Lipinski definition) is 0. The monoisotopic (exact) mass is 367 g/mol. The topological polar surface area (TPSA) is 20.3 Å². The Morgan fingerprint density at radius 1 is 0.885 bits per heavy atom. The summed E-state index contributed by atoms with van der Waals surface area (Å²) in [6.07, 6.45) is 2.30. The minimum Gasteiger partial charge on any atom is -0.363 e. The molecule has 1 aromatic heterocycles. The molecule has 1 saturated heterocycles. The first-order chi connectivity index (χ1) is 12.6. The van der Waals surface area contributed by atoms with Gasteiger partial charge in [0, 0.05) is 45.4 Å². The summed E-state index contributed by atoms with van der Waals surface area (Å²) in [6.45, 7) is 1.98. The Hall–Kier alpha value is -2.53. The van der Waals surface area contributed by atoms with Gasteiger partial charge in [-0.3, -0.25) is 4.79 Å². The number of halogens is 2. The van der Waals surface area contributed by atoms with Gasteiger partial charge in [-0.1, -0.05) is 24.3 Å². The van der Waals surface area contributed by atoms with Gasteiger partial charge >= 0.3 is 0 Å². The zero-order chi connectivity index (χ0) is 17.8. The normalized spacial score (nSPS) is 14.8. The Bertz CT molecular complexity index is 1240. The fourth-order valence-electron chi connectivity index (χ4n) is 3.90. The van der Waals surface area contributed by atoms with Gasteiger partial charge in [0.2, 0.25) is 0 Å². The summed E-state index contributed by atoms with van der Waals surface area (Å²) in [4.78, 5) is 15.3. The van der Waals surface area contributed by atoms with Crippen molar-refractivity contribution in [3.8, 4) is 0 Å². The SMILES string of the molecule is O=c1c2ccccc2c2sc(N3CCCC3)cc2c2cc(F)cc(F)c12. The van der Waals surface area contributed by atoms with Crippen LogP contribution in [-0.4, -0.2) is 13.1 Å². The van der Waals surface area contributed by atoms with Crippen molar-refractivity contribution in [2.45, 2.75) is 12.8 Å². The van der Waals surface area contributed by atoms with Crippen molar-refractivity contribution in [1.82, 2.24) is 0 Å². The molecule has 3 aromatic carbocycles. The van der Waals surface area contributed by atoms with Gasteiger partial charge < -0.3 is 4.90 Å². The van der Waals surface area contributed by atoms with E-state index >= 15 is 0 Å². The predicted octanol–water partition coefficient (Wildman–Crippen LogP) is 5.45. The molecule has 0 atom stereocenters. The standard InChI is InChI=1S/C21H15F2NOS/c22-12-9-15-16-11-18(24-7-3-4-8-24)26-21(16)14-6-2-1-5-13(14)20(25)19(15)17(23)10-12/h1-2,5-6,9-11H,3-4,7-8H2. The highest BCUT2D eigenvalue weighted by Gasteiger charge is 2.19. The maximum absolute atomic E-state index is 14.6. The summed E-state index contributed by atoms with van der Waals surface area (Å²) in [5.41, 5.74) is -0.390. The van der Waals surface area contributed by atoms with Crippen molar-refractivity contribution in [3.63, 3.8) is 0 Å². The third kappa shape index (κ3) is 2.23. The lowest BCUT2D eigenvalue weighted by molar-refractivity contribution is 0.592. The summed E-state index contributed by atoms with van der Waals surface area (Å²) in [5, 5.41) is 3.39. The molecule has 0 aliphatic carbocycles. The summed E-state index contributed by atoms with van der Waals surface area (Å²) in [6, 6.07) is 11.3. The van der Waals surface area contributed by atoms with Crippen LogP contribution in [0.2, 0.25) is 0 Å². The number of rotatable bonds is 1. The van der Waals surface area contributed by atoms with E-state index in [0.717, 1.165) is 52.5 Å². The number of thiophene rings is 1. The van der Waals surface area contributed by atoms with Crippen LogP contribution in [0.4, 0.5) is 13.8 Å². The molecule has 0 saturated carbocycles. The Morgan fingerprint density at radius 2 is 1.62 bits per heavy atom. The van der Waals surface area contributed by atoms with E-state index in [2.05, 4.69) is 4.90 Å². The molecule has 1 aliphatic heterocycles. The fraction of sp³-hybridized carbons (Fsp3) is 0.190. The molecule has 130 valence electrons. The van der Waals surface area contributed by atoms with Gasteiger partial charge in [-0.05, 0) is 25.0 Å². The van der Waals surface area contributed by atoms with Crippen LogP contribution in [0.3, 0.4) is 0 Å². The maximum atomic E-state index is 14.6. The molecule has 0 bridgehead atoms. The van der Waals surface area contributed by atoms with Gasteiger partial charge in [0.05, 0.1) is 10.4 Å². The van der Waals surface area contributed by atoms with E-state index < -0.39 is 11.6 Å². The van der Waals surface area contributed by atoms with Crippen LogP contribution < -0.4 is 10.3 Å². The van der Waals surface area contributed by atoms with Crippen LogP contribution in [0, 0.1) is 11.6 Å². The summed E-state index contributed by atoms with van der Waals surface area (Å²) < 4.78 is 29.5. The Morgan fingerprint density at radius 3 is 2.38 bits per heavy atom. The van der Waals surface area contributed by atoms with Crippen molar-refractivity contribution in [3.05, 3.63) is 64.3 Å². The molecule has 0 spiro atoms. The maximum Gasteiger partial charge on any atom is 0.197 e. The first-order valence-electron chi connectivity index (χ1n) is 8.66. The van der Waals surface area contributed by atoms with Gasteiger partial charge in [-0.25, -0.2) is 8.78 Å². The zero-order valence-electron chi connectivity index (χ0n) is 13.9. The smallest absolute Gasteiger partial charge is 0.197 e. The molecule has 4 aromatic rings. The number of fused-ring (bicyclic) bond motifs is 5. The van der Waals surface area contributed by atoms with E-state index in [9.17, 15) is 13.6 Å². The number of nitrogens with zero attached hydrogens (tertiary/aromatic N) is 1. The molecule has 0 radical (unpaired) electrons. The highest BCUT2D eigenvalue weighted by molar-refractivity contribution is 7.23. The average Bonchev–Trinajstić information content (AvgIpc) is 3.28. The molecule has 2 nitrogen and oxygen atoms in total. The lowest BCUT2D eigenvalue weighted by Gasteiger charge is -2.13. The van der Waals surface area contributed by atoms with Crippen LogP contribution in [-0.2, 0) is 0 Å². The number of anilines is 1. The van der Waals surface area contributed by atoms with Crippen molar-refractivity contribution in [2.75, 3.05) is 18.0 Å². The second kappa shape index (κ2) is 5.74. The van der Waals surface area contributed by atoms with Crippen LogP contribution >= 0.6 is 11.3 Å². The minimum atomic E-state index is -0.804. The van der Waals surface area contributed by atoms with E-state index in [4.69, 9.17) is 0 Å². The molecule has 0 unspecified atom stereocenters. The summed E-state index contributed by atoms with van der Waals surface area (Å²) in [7, 11) is 0. The van der Waals surface area contributed by atoms with Gasteiger partial charge in [0.15, 0.2) is 5.43 Å². The number of hydrogen-bond acceptors (Lipinski definition) is 3. The predicted molar refractivity (Wildman–Crippen MR) is 104 cm³/mol. The van der Waals surface area contributed by atoms with Crippen molar-refractivity contribution >= 4 is 48.0 Å². The van der Waals surface area contributed by atoms with Gasteiger partial charge in [0.25, 0.3) is 0 Å². The molecule has 2 heterocycles. The third-order valence-electron chi connectivity index (χ3n) is 5.13. The first kappa shape index (κ1) is 15.7. The summed E-state index contributed by atoms with van der Waals surface area (Å²) in [5.74, 6) is -1.47. The number of benzene rings is 2. The van der Waals surface area contributed by atoms with Crippen molar-refractivity contribution < 1.29 is 8.78 Å². The van der Waals surface area contributed by atoms with Gasteiger partial charge in [-0.2, -0.15) is 0 Å². The lowest BCUT2D eigenvalue weighted by Crippen LogP contribution is -2.15.